The molecule has 4 N–H and O–H groups in total. The molecule has 0 spiro atoms. The maximum Gasteiger partial charge on any atom is 0.317 e. The quantitative estimate of drug-likeness (QED) is 0.179. The van der Waals surface area contributed by atoms with Crippen LogP contribution in [-0.4, -0.2) is 142 Å². The Hall–Kier alpha value is -2.28. The Balaban J connectivity index is 4.71. The zero-order valence-corrected chi connectivity index (χ0v) is 18.4. The van der Waals surface area contributed by atoms with Crippen LogP contribution in [0.2, 0.25) is 0 Å². The molecule has 0 aliphatic heterocycles. The van der Waals surface area contributed by atoms with Gasteiger partial charge in [0.1, 0.15) is 0 Å². The minimum Gasteiger partial charge on any atom is -0.480 e. The van der Waals surface area contributed by atoms with Gasteiger partial charge in [0.25, 0.3) is 0 Å². The Labute approximate surface area is 182 Å². The molecular formula is C19H36N4O8. The van der Waals surface area contributed by atoms with E-state index in [1.807, 2.05) is 13.8 Å². The van der Waals surface area contributed by atoms with Crippen molar-refractivity contribution in [1.29, 1.82) is 0 Å². The largest absolute Gasteiger partial charge is 0.480 e. The molecule has 0 bridgehead atoms. The van der Waals surface area contributed by atoms with Crippen molar-refractivity contribution in [1.82, 2.24) is 19.6 Å². The van der Waals surface area contributed by atoms with Crippen molar-refractivity contribution in [3.63, 3.8) is 0 Å². The molecule has 0 radical (unpaired) electrons. The topological polar surface area (TPSA) is 162 Å². The van der Waals surface area contributed by atoms with E-state index >= 15 is 0 Å². The number of rotatable bonds is 20. The zero-order valence-electron chi connectivity index (χ0n) is 18.4. The molecule has 0 saturated carbocycles. The van der Waals surface area contributed by atoms with E-state index in [1.165, 1.54) is 0 Å². The van der Waals surface area contributed by atoms with Crippen molar-refractivity contribution < 1.29 is 39.6 Å². The van der Waals surface area contributed by atoms with Crippen LogP contribution in [0, 0.1) is 0 Å². The van der Waals surface area contributed by atoms with E-state index < -0.39 is 23.9 Å². The molecule has 0 aromatic rings. The number of carbonyl (C=O) groups is 4. The molecule has 0 heterocycles. The number of hydrogen-bond acceptors (Lipinski definition) is 8. The maximum atomic E-state index is 11.2. The Morgan fingerprint density at radius 1 is 0.484 bits per heavy atom. The summed E-state index contributed by atoms with van der Waals surface area (Å²) in [5.41, 5.74) is 0. The van der Waals surface area contributed by atoms with Gasteiger partial charge in [-0.1, -0.05) is 13.8 Å². The second-order valence-corrected chi connectivity index (χ2v) is 7.22. The molecule has 0 saturated heterocycles. The van der Waals surface area contributed by atoms with Gasteiger partial charge in [0.05, 0.1) is 26.2 Å². The Morgan fingerprint density at radius 2 is 0.742 bits per heavy atom. The monoisotopic (exact) mass is 448 g/mol. The van der Waals surface area contributed by atoms with Gasteiger partial charge in [-0.25, -0.2) is 0 Å². The third kappa shape index (κ3) is 16.1. The lowest BCUT2D eigenvalue weighted by Crippen LogP contribution is -2.42. The predicted octanol–water partition coefficient (Wildman–Crippen LogP) is -1.04. The molecule has 0 amide bonds. The summed E-state index contributed by atoms with van der Waals surface area (Å²) in [6, 6.07) is 0. The molecule has 180 valence electrons. The average Bonchev–Trinajstić information content (AvgIpc) is 2.66. The molecule has 0 fully saturated rings. The van der Waals surface area contributed by atoms with Crippen LogP contribution in [0.1, 0.15) is 20.3 Å². The van der Waals surface area contributed by atoms with Crippen LogP contribution in [0.4, 0.5) is 0 Å². The fourth-order valence-electron chi connectivity index (χ4n) is 3.09. The van der Waals surface area contributed by atoms with Gasteiger partial charge in [0, 0.05) is 39.3 Å². The summed E-state index contributed by atoms with van der Waals surface area (Å²) in [5.74, 6) is -3.87. The lowest BCUT2D eigenvalue weighted by molar-refractivity contribution is -0.140. The van der Waals surface area contributed by atoms with E-state index in [0.717, 1.165) is 0 Å². The van der Waals surface area contributed by atoms with Crippen LogP contribution < -0.4 is 0 Å². The molecule has 0 aromatic carbocycles. The van der Waals surface area contributed by atoms with Gasteiger partial charge in [-0.05, 0) is 19.5 Å². The molecular weight excluding hydrogens is 412 g/mol. The summed E-state index contributed by atoms with van der Waals surface area (Å²) in [5, 5.41) is 36.1. The Morgan fingerprint density at radius 3 is 1.00 bits per heavy atom. The molecule has 0 aliphatic carbocycles. The lowest BCUT2D eigenvalue weighted by Gasteiger charge is -2.27. The van der Waals surface area contributed by atoms with Gasteiger partial charge in [0.2, 0.25) is 0 Å². The maximum absolute atomic E-state index is 11.2. The lowest BCUT2D eigenvalue weighted by atomic mass is 10.3. The molecule has 12 nitrogen and oxygen atoms in total. The number of nitrogens with zero attached hydrogens (tertiary/aromatic N) is 4. The van der Waals surface area contributed by atoms with Gasteiger partial charge in [-0.2, -0.15) is 0 Å². The molecule has 31 heavy (non-hydrogen) atoms. The summed E-state index contributed by atoms with van der Waals surface area (Å²) < 4.78 is 0. The third-order valence-electron chi connectivity index (χ3n) is 4.74. The highest BCUT2D eigenvalue weighted by atomic mass is 16.4. The second-order valence-electron chi connectivity index (χ2n) is 7.22. The fourth-order valence-corrected chi connectivity index (χ4v) is 3.09. The Kier molecular flexibility index (Phi) is 15.2. The average molecular weight is 449 g/mol. The van der Waals surface area contributed by atoms with E-state index in [0.29, 0.717) is 58.8 Å². The summed E-state index contributed by atoms with van der Waals surface area (Å²) in [4.78, 5) is 50.9. The zero-order chi connectivity index (χ0) is 23.8. The van der Waals surface area contributed by atoms with Crippen molar-refractivity contribution in [2.24, 2.45) is 0 Å². The van der Waals surface area contributed by atoms with Gasteiger partial charge >= 0.3 is 23.9 Å². The highest BCUT2D eigenvalue weighted by Crippen LogP contribution is 2.00. The van der Waals surface area contributed by atoms with Crippen molar-refractivity contribution in [2.45, 2.75) is 20.3 Å². The summed E-state index contributed by atoms with van der Waals surface area (Å²) in [6.07, 6.45) is 0.524. The standard InChI is InChI=1S/C19H36N4O8/c1-3-20(12-16(24)25)8-10-22(14-18(28)29)6-5-7-23(15-19(30)31)11-9-21(4-2)13-17(26)27/h3-15H2,1-2H3,(H,24,25)(H,26,27)(H,28,29)(H,30,31). The van der Waals surface area contributed by atoms with Crippen LogP contribution in [0.3, 0.4) is 0 Å². The number of carboxylic acid groups (broad SMARTS) is 4. The van der Waals surface area contributed by atoms with E-state index in [9.17, 15) is 19.2 Å². The van der Waals surface area contributed by atoms with E-state index in [-0.39, 0.29) is 26.2 Å². The third-order valence-corrected chi connectivity index (χ3v) is 4.74. The van der Waals surface area contributed by atoms with Crippen LogP contribution in [0.15, 0.2) is 0 Å². The predicted molar refractivity (Wildman–Crippen MR) is 112 cm³/mol. The van der Waals surface area contributed by atoms with Crippen molar-refractivity contribution in [3.8, 4) is 0 Å². The van der Waals surface area contributed by atoms with Crippen LogP contribution in [0.5, 0.6) is 0 Å². The van der Waals surface area contributed by atoms with Gasteiger partial charge < -0.3 is 20.4 Å². The van der Waals surface area contributed by atoms with Crippen molar-refractivity contribution in [3.05, 3.63) is 0 Å². The van der Waals surface area contributed by atoms with Crippen molar-refractivity contribution >= 4 is 23.9 Å². The second kappa shape index (κ2) is 16.4. The van der Waals surface area contributed by atoms with Crippen LogP contribution >= 0.6 is 0 Å². The van der Waals surface area contributed by atoms with E-state index in [4.69, 9.17) is 20.4 Å². The van der Waals surface area contributed by atoms with Crippen molar-refractivity contribution in [2.75, 3.05) is 78.5 Å². The summed E-state index contributed by atoms with van der Waals surface area (Å²) in [7, 11) is 0. The molecule has 0 aromatic heterocycles. The van der Waals surface area contributed by atoms with Gasteiger partial charge in [-0.15, -0.1) is 0 Å². The smallest absolute Gasteiger partial charge is 0.317 e. The Bertz CT molecular complexity index is 527. The minimum absolute atomic E-state index is 0.117. The number of likely N-dealkylation sites (N-methyl/N-ethyl adjacent to an activating group) is 2. The van der Waals surface area contributed by atoms with Gasteiger partial charge in [-0.3, -0.25) is 38.8 Å². The molecule has 0 unspecified atom stereocenters. The first-order chi connectivity index (χ1) is 14.6. The molecule has 0 atom stereocenters. The number of hydrogen-bond donors (Lipinski definition) is 4. The summed E-state index contributed by atoms with van der Waals surface area (Å²) >= 11 is 0. The normalized spacial score (nSPS) is 11.5. The molecule has 0 rings (SSSR count). The highest BCUT2D eigenvalue weighted by Gasteiger charge is 2.16. The fraction of sp³-hybridized carbons (Fsp3) is 0.789. The van der Waals surface area contributed by atoms with E-state index in [2.05, 4.69) is 0 Å². The van der Waals surface area contributed by atoms with Gasteiger partial charge in [0.15, 0.2) is 0 Å². The summed E-state index contributed by atoms with van der Waals surface area (Å²) in [6.45, 7) is 6.54. The molecule has 0 aliphatic rings. The first kappa shape index (κ1) is 28.7. The first-order valence-corrected chi connectivity index (χ1v) is 10.3. The van der Waals surface area contributed by atoms with Crippen LogP contribution in [0.25, 0.3) is 0 Å². The minimum atomic E-state index is -0.990. The number of aliphatic carboxylic acids is 4. The highest BCUT2D eigenvalue weighted by molar-refractivity contribution is 5.70. The molecule has 12 heteroatoms. The number of carboxylic acids is 4. The SMILES string of the molecule is CCN(CCN(CCCN(CCN(CC)CC(=O)O)CC(=O)O)CC(=O)O)CC(=O)O. The van der Waals surface area contributed by atoms with Crippen LogP contribution in [-0.2, 0) is 19.2 Å². The van der Waals surface area contributed by atoms with E-state index in [1.54, 1.807) is 19.6 Å². The first-order valence-electron chi connectivity index (χ1n) is 10.3.